The van der Waals surface area contributed by atoms with Gasteiger partial charge in [0.25, 0.3) is 0 Å². The molecule has 0 aliphatic rings. The first kappa shape index (κ1) is 8.25. The molecule has 59 valence electrons. The third kappa shape index (κ3) is 3.17. The van der Waals surface area contributed by atoms with Gasteiger partial charge in [0.15, 0.2) is 0 Å². The van der Waals surface area contributed by atoms with Gasteiger partial charge < -0.3 is 0 Å². The second-order valence-electron chi connectivity index (χ2n) is 2.67. The first-order valence-corrected chi connectivity index (χ1v) is 4.11. The number of hydrogen-bond acceptors (Lipinski definition) is 1. The molecule has 0 fully saturated rings. The molecule has 0 unspecified atom stereocenters. The van der Waals surface area contributed by atoms with Crippen molar-refractivity contribution in [2.45, 2.75) is 25.7 Å². The number of aryl methyl sites for hydroxylation is 1. The molecule has 0 aliphatic heterocycles. The van der Waals surface area contributed by atoms with Crippen LogP contribution < -0.4 is 0 Å². The Kier molecular flexibility index (Phi) is 3.67. The SMILES string of the molecule is [CH2]CCCCc1ccncc1. The molecule has 0 aliphatic carbocycles. The van der Waals surface area contributed by atoms with Crippen molar-refractivity contribution in [3.05, 3.63) is 37.0 Å². The lowest BCUT2D eigenvalue weighted by molar-refractivity contribution is 0.745. The van der Waals surface area contributed by atoms with Gasteiger partial charge in [-0.1, -0.05) is 19.8 Å². The fraction of sp³-hybridized carbons (Fsp3) is 0.400. The van der Waals surface area contributed by atoms with Crippen molar-refractivity contribution in [1.29, 1.82) is 0 Å². The third-order valence-corrected chi connectivity index (χ3v) is 1.71. The minimum Gasteiger partial charge on any atom is -0.265 e. The van der Waals surface area contributed by atoms with Crippen molar-refractivity contribution in [1.82, 2.24) is 4.98 Å². The van der Waals surface area contributed by atoms with Gasteiger partial charge in [-0.05, 0) is 30.5 Å². The molecule has 1 rings (SSSR count). The number of aromatic nitrogens is 1. The van der Waals surface area contributed by atoms with E-state index in [2.05, 4.69) is 24.0 Å². The van der Waals surface area contributed by atoms with E-state index in [-0.39, 0.29) is 0 Å². The van der Waals surface area contributed by atoms with Gasteiger partial charge in [-0.15, -0.1) is 0 Å². The summed E-state index contributed by atoms with van der Waals surface area (Å²) in [5.74, 6) is 0. The van der Waals surface area contributed by atoms with E-state index < -0.39 is 0 Å². The molecule has 0 saturated carbocycles. The predicted molar refractivity (Wildman–Crippen MR) is 47.1 cm³/mol. The van der Waals surface area contributed by atoms with E-state index in [9.17, 15) is 0 Å². The number of nitrogens with zero attached hydrogens (tertiary/aromatic N) is 1. The maximum absolute atomic E-state index is 3.96. The highest BCUT2D eigenvalue weighted by atomic mass is 14.6. The van der Waals surface area contributed by atoms with Crippen LogP contribution in [0.15, 0.2) is 24.5 Å². The monoisotopic (exact) mass is 148 g/mol. The van der Waals surface area contributed by atoms with Crippen LogP contribution in [0.1, 0.15) is 24.8 Å². The van der Waals surface area contributed by atoms with Gasteiger partial charge in [0, 0.05) is 12.4 Å². The summed E-state index contributed by atoms with van der Waals surface area (Å²) in [5, 5.41) is 0. The second-order valence-corrected chi connectivity index (χ2v) is 2.67. The van der Waals surface area contributed by atoms with Gasteiger partial charge in [0.05, 0.1) is 0 Å². The Bertz CT molecular complexity index is 181. The van der Waals surface area contributed by atoms with Gasteiger partial charge in [-0.25, -0.2) is 0 Å². The summed E-state index contributed by atoms with van der Waals surface area (Å²) >= 11 is 0. The van der Waals surface area contributed by atoms with E-state index in [0.717, 1.165) is 12.8 Å². The van der Waals surface area contributed by atoms with Crippen LogP contribution in [0.2, 0.25) is 0 Å². The average Bonchev–Trinajstić information content (AvgIpc) is 2.07. The van der Waals surface area contributed by atoms with Crippen molar-refractivity contribution in [2.24, 2.45) is 0 Å². The fourth-order valence-electron chi connectivity index (χ4n) is 1.06. The van der Waals surface area contributed by atoms with Crippen molar-refractivity contribution < 1.29 is 0 Å². The van der Waals surface area contributed by atoms with E-state index in [0.29, 0.717) is 0 Å². The molecule has 1 aromatic heterocycles. The smallest absolute Gasteiger partial charge is 0.0270 e. The fourth-order valence-corrected chi connectivity index (χ4v) is 1.06. The minimum absolute atomic E-state index is 1.05. The van der Waals surface area contributed by atoms with Crippen LogP contribution in [0, 0.1) is 6.92 Å². The van der Waals surface area contributed by atoms with E-state index >= 15 is 0 Å². The maximum atomic E-state index is 3.96. The molecule has 1 nitrogen and oxygen atoms in total. The number of unbranched alkanes of at least 4 members (excludes halogenated alkanes) is 2. The Balaban J connectivity index is 2.28. The van der Waals surface area contributed by atoms with Crippen LogP contribution in [0.4, 0.5) is 0 Å². The van der Waals surface area contributed by atoms with Crippen LogP contribution >= 0.6 is 0 Å². The normalized spacial score (nSPS) is 9.91. The predicted octanol–water partition coefficient (Wildman–Crippen LogP) is 2.63. The van der Waals surface area contributed by atoms with Crippen molar-refractivity contribution in [3.8, 4) is 0 Å². The van der Waals surface area contributed by atoms with Crippen LogP contribution in [-0.4, -0.2) is 4.98 Å². The Hall–Kier alpha value is -0.850. The average molecular weight is 148 g/mol. The van der Waals surface area contributed by atoms with Crippen LogP contribution in [0.25, 0.3) is 0 Å². The lowest BCUT2D eigenvalue weighted by Crippen LogP contribution is -1.84. The standard InChI is InChI=1S/C10H14N/c1-2-3-4-5-10-6-8-11-9-7-10/h6-9H,1-5H2. The Morgan fingerprint density at radius 1 is 1.18 bits per heavy atom. The molecule has 11 heavy (non-hydrogen) atoms. The highest BCUT2D eigenvalue weighted by molar-refractivity contribution is 5.09. The first-order chi connectivity index (χ1) is 5.43. The van der Waals surface area contributed by atoms with Gasteiger partial charge in [0.1, 0.15) is 0 Å². The molecule has 0 saturated heterocycles. The third-order valence-electron chi connectivity index (χ3n) is 1.71. The second kappa shape index (κ2) is 4.89. The molecule has 0 N–H and O–H groups in total. The highest BCUT2D eigenvalue weighted by Crippen LogP contribution is 2.03. The topological polar surface area (TPSA) is 12.9 Å². The van der Waals surface area contributed by atoms with Gasteiger partial charge >= 0.3 is 0 Å². The van der Waals surface area contributed by atoms with Crippen LogP contribution in [0.3, 0.4) is 0 Å². The summed E-state index contributed by atoms with van der Waals surface area (Å²) < 4.78 is 0. The summed E-state index contributed by atoms with van der Waals surface area (Å²) in [7, 11) is 0. The Morgan fingerprint density at radius 2 is 1.91 bits per heavy atom. The summed E-state index contributed by atoms with van der Waals surface area (Å²) in [6, 6.07) is 4.15. The lowest BCUT2D eigenvalue weighted by Gasteiger charge is -1.97. The Morgan fingerprint density at radius 3 is 2.55 bits per heavy atom. The maximum Gasteiger partial charge on any atom is 0.0270 e. The zero-order valence-electron chi connectivity index (χ0n) is 6.79. The van der Waals surface area contributed by atoms with Crippen molar-refractivity contribution in [3.63, 3.8) is 0 Å². The summed E-state index contributed by atoms with van der Waals surface area (Å²) in [5.41, 5.74) is 1.38. The zero-order valence-corrected chi connectivity index (χ0v) is 6.79. The number of rotatable bonds is 4. The zero-order chi connectivity index (χ0) is 7.94. The molecule has 0 amide bonds. The summed E-state index contributed by atoms with van der Waals surface area (Å²) in [4.78, 5) is 3.96. The molecule has 0 spiro atoms. The quantitative estimate of drug-likeness (QED) is 0.598. The minimum atomic E-state index is 1.05. The first-order valence-electron chi connectivity index (χ1n) is 4.11. The summed E-state index contributed by atoms with van der Waals surface area (Å²) in [6.07, 6.45) is 8.37. The molecule has 0 bridgehead atoms. The lowest BCUT2D eigenvalue weighted by atomic mass is 10.1. The van der Waals surface area contributed by atoms with Crippen LogP contribution in [-0.2, 0) is 6.42 Å². The van der Waals surface area contributed by atoms with Crippen molar-refractivity contribution >= 4 is 0 Å². The molecule has 0 atom stereocenters. The molecular weight excluding hydrogens is 134 g/mol. The Labute approximate surface area is 68.5 Å². The van der Waals surface area contributed by atoms with E-state index in [1.165, 1.54) is 18.4 Å². The van der Waals surface area contributed by atoms with Gasteiger partial charge in [-0.2, -0.15) is 0 Å². The van der Waals surface area contributed by atoms with E-state index in [1.54, 1.807) is 0 Å². The van der Waals surface area contributed by atoms with Gasteiger partial charge in [-0.3, -0.25) is 4.98 Å². The molecule has 1 heteroatoms. The number of hydrogen-bond donors (Lipinski definition) is 0. The van der Waals surface area contributed by atoms with E-state index in [1.807, 2.05) is 12.4 Å². The van der Waals surface area contributed by atoms with Gasteiger partial charge in [0.2, 0.25) is 0 Å². The largest absolute Gasteiger partial charge is 0.265 e. The highest BCUT2D eigenvalue weighted by Gasteiger charge is 1.89. The molecule has 1 heterocycles. The van der Waals surface area contributed by atoms with Crippen LogP contribution in [0.5, 0.6) is 0 Å². The van der Waals surface area contributed by atoms with E-state index in [4.69, 9.17) is 0 Å². The summed E-state index contributed by atoms with van der Waals surface area (Å²) in [6.45, 7) is 3.80. The van der Waals surface area contributed by atoms with Crippen molar-refractivity contribution in [2.75, 3.05) is 0 Å². The molecular formula is C10H14N. The molecule has 1 radical (unpaired) electrons. The number of pyridine rings is 1. The molecule has 0 aromatic carbocycles. The molecule has 1 aromatic rings.